The highest BCUT2D eigenvalue weighted by molar-refractivity contribution is 6.29. The van der Waals surface area contributed by atoms with Gasteiger partial charge in [-0.2, -0.15) is 0 Å². The molecular weight excluding hydrogens is 873 g/mol. The molecule has 14 aromatic rings. The zero-order valence-corrected chi connectivity index (χ0v) is 39.7. The van der Waals surface area contributed by atoms with Crippen molar-refractivity contribution in [2.45, 2.75) is 26.2 Å². The molecule has 4 aromatic heterocycles. The summed E-state index contributed by atoms with van der Waals surface area (Å²) in [5.74, 6) is 0. The third kappa shape index (κ3) is 6.82. The maximum absolute atomic E-state index is 2.32. The monoisotopic (exact) mass is 920 g/mol. The van der Waals surface area contributed by atoms with Crippen LogP contribution in [-0.4, -0.2) is 0 Å². The maximum atomic E-state index is 2.32. The van der Waals surface area contributed by atoms with E-state index < -0.39 is 0 Å². The Bertz CT molecular complexity index is 3800. The zero-order chi connectivity index (χ0) is 47.3. The van der Waals surface area contributed by atoms with Gasteiger partial charge in [0.2, 0.25) is 0 Å². The third-order valence-electron chi connectivity index (χ3n) is 15.6. The smallest absolute Gasteiger partial charge is 0.173 e. The molecular formula is C68H48N4+4. The molecule has 0 unspecified atom stereocenters. The second-order valence-corrected chi connectivity index (χ2v) is 20.0. The first-order valence-electron chi connectivity index (χ1n) is 25.1. The van der Waals surface area contributed by atoms with Crippen molar-refractivity contribution < 1.29 is 18.3 Å². The van der Waals surface area contributed by atoms with Crippen LogP contribution in [0, 0.1) is 0 Å². The summed E-state index contributed by atoms with van der Waals surface area (Å²) in [5, 5.41) is 15.6. The minimum absolute atomic E-state index is 0.809. The Kier molecular flexibility index (Phi) is 9.18. The van der Waals surface area contributed by atoms with Crippen molar-refractivity contribution in [3.05, 3.63) is 266 Å². The lowest BCUT2D eigenvalue weighted by Crippen LogP contribution is -2.33. The van der Waals surface area contributed by atoms with Gasteiger partial charge in [-0.3, -0.25) is 0 Å². The van der Waals surface area contributed by atoms with Crippen molar-refractivity contribution in [1.82, 2.24) is 0 Å². The van der Waals surface area contributed by atoms with Gasteiger partial charge in [0.05, 0.1) is 0 Å². The predicted octanol–water partition coefficient (Wildman–Crippen LogP) is 13.8. The molecule has 4 heteroatoms. The van der Waals surface area contributed by atoms with Crippen LogP contribution in [0.25, 0.3) is 109 Å². The molecule has 24 bridgehead atoms. The first-order valence-corrected chi connectivity index (χ1v) is 25.1. The molecule has 0 N–H and O–H groups in total. The lowest BCUT2D eigenvalue weighted by molar-refractivity contribution is -0.688. The second kappa shape index (κ2) is 16.2. The molecule has 72 heavy (non-hydrogen) atoms. The van der Waals surface area contributed by atoms with Gasteiger partial charge in [0.15, 0.2) is 75.8 Å². The molecule has 0 saturated carbocycles. The lowest BCUT2D eigenvalue weighted by atomic mass is 9.87. The molecule has 0 saturated heterocycles. The number of aromatic nitrogens is 4. The summed E-state index contributed by atoms with van der Waals surface area (Å²) in [4.78, 5) is 0. The van der Waals surface area contributed by atoms with Crippen molar-refractivity contribution in [3.63, 3.8) is 0 Å². The SMILES string of the molecule is c1cc2ccc1C[n+]1ccc(cc1)-c1ccc3ccc4c(ccc5ccc1c3c54)-c1cc[n+](cc1)Cc1ccc(cc1)C[n+]1ccc(cc1)-c1ccc3ccc4c(ccc5ccc1c3c54)-c1cc[n+](cc1)C2. The lowest BCUT2D eigenvalue weighted by Gasteiger charge is -2.16. The Hall–Kier alpha value is -9.12. The molecule has 0 amide bonds. The third-order valence-corrected chi connectivity index (χ3v) is 15.6. The highest BCUT2D eigenvalue weighted by atomic mass is 14.9. The average Bonchev–Trinajstić information content (AvgIpc) is 3.43. The fourth-order valence-corrected chi connectivity index (χ4v) is 11.9. The van der Waals surface area contributed by atoms with E-state index in [0.717, 1.165) is 26.2 Å². The number of pyridine rings is 4. The summed E-state index contributed by atoms with van der Waals surface area (Å²) in [6.45, 7) is 3.23. The predicted molar refractivity (Wildman–Crippen MR) is 292 cm³/mol. The van der Waals surface area contributed by atoms with Crippen LogP contribution in [0.3, 0.4) is 0 Å². The Morgan fingerprint density at radius 1 is 0.194 bits per heavy atom. The van der Waals surface area contributed by atoms with E-state index in [0.29, 0.717) is 0 Å². The van der Waals surface area contributed by atoms with Crippen LogP contribution in [0.5, 0.6) is 0 Å². The van der Waals surface area contributed by atoms with E-state index in [-0.39, 0.29) is 0 Å². The number of rotatable bonds is 0. The van der Waals surface area contributed by atoms with Crippen LogP contribution in [0.15, 0.2) is 244 Å². The van der Waals surface area contributed by atoms with Gasteiger partial charge < -0.3 is 0 Å². The van der Waals surface area contributed by atoms with Gasteiger partial charge in [-0.25, -0.2) is 18.3 Å². The minimum Gasteiger partial charge on any atom is -0.201 e. The van der Waals surface area contributed by atoms with Crippen LogP contribution < -0.4 is 18.3 Å². The molecule has 336 valence electrons. The van der Waals surface area contributed by atoms with E-state index in [2.05, 4.69) is 262 Å². The van der Waals surface area contributed by atoms with Crippen LogP contribution in [0.2, 0.25) is 0 Å². The molecule has 16 aliphatic heterocycles. The average molecular weight is 921 g/mol. The number of hydrogen-bond donors (Lipinski definition) is 0. The van der Waals surface area contributed by atoms with E-state index in [4.69, 9.17) is 0 Å². The second-order valence-electron chi connectivity index (χ2n) is 20.0. The molecule has 10 aromatic carbocycles. The van der Waals surface area contributed by atoms with Crippen LogP contribution in [0.4, 0.5) is 0 Å². The summed E-state index contributed by atoms with van der Waals surface area (Å²) < 4.78 is 9.11. The van der Waals surface area contributed by atoms with Crippen molar-refractivity contribution in [3.8, 4) is 44.5 Å². The standard InChI is InChI=1S/C68H48N4/c1-2-46-4-3-45(1)41-69-33-25-49(26-34-69)57-17-9-53-15-23-63-59(19-11-55-13-21-61(57)65(53)67(55)63)51-29-37-71(38-30-51)43-47-5-7-48(8-6-47)44-72-39-31-52(32-40-72)60-20-12-56-14-22-62-58(50-27-35-70(42-46)36-28-50)18-10-54-16-24-64(60)68(56)66(54)62/h1-40H,41-44H2/q+4. The Morgan fingerprint density at radius 3 is 0.597 bits per heavy atom. The quantitative estimate of drug-likeness (QED) is 0.106. The molecule has 20 heterocycles. The Labute approximate surface area is 417 Å². The highest BCUT2D eigenvalue weighted by Crippen LogP contribution is 2.44. The fourth-order valence-electron chi connectivity index (χ4n) is 11.9. The van der Waals surface area contributed by atoms with Gasteiger partial charge >= 0.3 is 0 Å². The van der Waals surface area contributed by atoms with E-state index in [1.165, 1.54) is 131 Å². The van der Waals surface area contributed by atoms with Crippen molar-refractivity contribution in [2.75, 3.05) is 0 Å². The van der Waals surface area contributed by atoms with E-state index in [9.17, 15) is 0 Å². The van der Waals surface area contributed by atoms with Gasteiger partial charge in [-0.1, -0.05) is 146 Å². The van der Waals surface area contributed by atoms with Gasteiger partial charge in [-0.15, -0.1) is 0 Å². The van der Waals surface area contributed by atoms with E-state index in [1.807, 2.05) is 0 Å². The molecule has 0 spiro atoms. The Morgan fingerprint density at radius 2 is 0.389 bits per heavy atom. The summed E-state index contributed by atoms with van der Waals surface area (Å²) in [5.41, 5.74) is 15.0. The molecule has 16 aliphatic rings. The summed E-state index contributed by atoms with van der Waals surface area (Å²) in [7, 11) is 0. The Balaban J connectivity index is 0.801. The first kappa shape index (κ1) is 40.7. The maximum Gasteiger partial charge on any atom is 0.173 e. The van der Waals surface area contributed by atoms with Gasteiger partial charge in [-0.05, 0) is 109 Å². The topological polar surface area (TPSA) is 15.5 Å². The van der Waals surface area contributed by atoms with Crippen LogP contribution >= 0.6 is 0 Å². The van der Waals surface area contributed by atoms with Gasteiger partial charge in [0.1, 0.15) is 0 Å². The van der Waals surface area contributed by atoms with Crippen molar-refractivity contribution in [2.24, 2.45) is 0 Å². The van der Waals surface area contributed by atoms with Crippen LogP contribution in [-0.2, 0) is 26.2 Å². The molecule has 30 rings (SSSR count). The van der Waals surface area contributed by atoms with Crippen LogP contribution in [0.1, 0.15) is 22.3 Å². The normalized spacial score (nSPS) is 12.8. The minimum atomic E-state index is 0.809. The summed E-state index contributed by atoms with van der Waals surface area (Å²) >= 11 is 0. The molecule has 0 radical (unpaired) electrons. The summed E-state index contributed by atoms with van der Waals surface area (Å²) in [6.07, 6.45) is 17.8. The van der Waals surface area contributed by atoms with Crippen molar-refractivity contribution in [1.29, 1.82) is 0 Å². The first-order chi connectivity index (χ1) is 35.6. The summed E-state index contributed by atoms with van der Waals surface area (Å²) in [6, 6.07) is 73.2. The highest BCUT2D eigenvalue weighted by Gasteiger charge is 2.19. The molecule has 4 nitrogen and oxygen atoms in total. The van der Waals surface area contributed by atoms with Gasteiger partial charge in [0.25, 0.3) is 0 Å². The number of hydrogen-bond acceptors (Lipinski definition) is 0. The zero-order valence-electron chi connectivity index (χ0n) is 39.7. The van der Waals surface area contributed by atoms with Gasteiger partial charge in [0, 0.05) is 70.8 Å². The number of benzene rings is 10. The molecule has 0 atom stereocenters. The largest absolute Gasteiger partial charge is 0.201 e. The molecule has 0 fully saturated rings. The molecule has 0 aliphatic carbocycles. The van der Waals surface area contributed by atoms with Crippen molar-refractivity contribution >= 4 is 64.6 Å². The fraction of sp³-hybridized carbons (Fsp3) is 0.0588. The number of nitrogens with zero attached hydrogens (tertiary/aromatic N) is 4. The van der Waals surface area contributed by atoms with E-state index >= 15 is 0 Å². The van der Waals surface area contributed by atoms with E-state index in [1.54, 1.807) is 0 Å².